The van der Waals surface area contributed by atoms with E-state index in [2.05, 4.69) is 36.5 Å². The van der Waals surface area contributed by atoms with Crippen molar-refractivity contribution in [1.82, 2.24) is 40.4 Å². The van der Waals surface area contributed by atoms with Gasteiger partial charge < -0.3 is 10.3 Å². The number of nitrogens with zero attached hydrogens (tertiary/aromatic N) is 5. The van der Waals surface area contributed by atoms with Crippen LogP contribution in [-0.2, 0) is 6.54 Å². The van der Waals surface area contributed by atoms with Crippen LogP contribution < -0.4 is 5.32 Å². The Morgan fingerprint density at radius 1 is 0.974 bits per heavy atom. The van der Waals surface area contributed by atoms with E-state index in [1.54, 1.807) is 12.3 Å². The van der Waals surface area contributed by atoms with Crippen molar-refractivity contribution in [3.63, 3.8) is 0 Å². The van der Waals surface area contributed by atoms with Gasteiger partial charge >= 0.3 is 0 Å². The first-order valence-electron chi connectivity index (χ1n) is 13.3. The van der Waals surface area contributed by atoms with Crippen LogP contribution in [0.5, 0.6) is 0 Å². The quantitative estimate of drug-likeness (QED) is 0.238. The number of aromatic nitrogens is 7. The smallest absolute Gasteiger partial charge is 0.178 e. The van der Waals surface area contributed by atoms with E-state index < -0.39 is 0 Å². The molecule has 39 heavy (non-hydrogen) atoms. The van der Waals surface area contributed by atoms with Crippen LogP contribution >= 0.6 is 0 Å². The lowest BCUT2D eigenvalue weighted by Crippen LogP contribution is -2.20. The van der Waals surface area contributed by atoms with E-state index in [4.69, 9.17) is 9.97 Å². The summed E-state index contributed by atoms with van der Waals surface area (Å²) in [5, 5.41) is 11.2. The fourth-order valence-electron chi connectivity index (χ4n) is 5.50. The fraction of sp³-hybridized carbons (Fsp3) is 0.233. The molecule has 194 valence electrons. The number of nitrogens with one attached hydrogen (secondary N) is 3. The van der Waals surface area contributed by atoms with Crippen LogP contribution in [0.1, 0.15) is 31.2 Å². The minimum atomic E-state index is -0.296. The normalized spacial score (nSPS) is 14.1. The van der Waals surface area contributed by atoms with Gasteiger partial charge in [0.25, 0.3) is 0 Å². The summed E-state index contributed by atoms with van der Waals surface area (Å²) in [5.74, 6) is 1.04. The predicted octanol–water partition coefficient (Wildman–Crippen LogP) is 6.04. The Balaban J connectivity index is 1.20. The third-order valence-corrected chi connectivity index (χ3v) is 7.49. The van der Waals surface area contributed by atoms with Crippen LogP contribution in [0.4, 0.5) is 4.39 Å². The number of fused-ring (bicyclic) bond motifs is 2. The average molecular weight is 519 g/mol. The molecule has 0 aliphatic heterocycles. The molecule has 1 saturated carbocycles. The second-order valence-corrected chi connectivity index (χ2v) is 10.2. The molecule has 1 aromatic carbocycles. The van der Waals surface area contributed by atoms with Crippen LogP contribution in [-0.4, -0.2) is 41.7 Å². The van der Waals surface area contributed by atoms with Crippen molar-refractivity contribution in [2.45, 2.75) is 32.2 Å². The maximum atomic E-state index is 13.9. The number of imidazole rings is 1. The molecular weight excluding hydrogens is 491 g/mol. The third kappa shape index (κ3) is 4.66. The van der Waals surface area contributed by atoms with Crippen LogP contribution in [0.25, 0.3) is 56.1 Å². The molecule has 0 bridgehead atoms. The van der Waals surface area contributed by atoms with Crippen molar-refractivity contribution in [2.75, 3.05) is 6.54 Å². The summed E-state index contributed by atoms with van der Waals surface area (Å²) in [6.07, 6.45) is 10.8. The Kier molecular flexibility index (Phi) is 6.05. The zero-order valence-electron chi connectivity index (χ0n) is 21.3. The summed E-state index contributed by atoms with van der Waals surface area (Å²) in [6, 6.07) is 14.4. The molecule has 3 N–H and O–H groups in total. The number of H-pyrrole nitrogens is 2. The molecule has 0 spiro atoms. The molecule has 7 rings (SSSR count). The Morgan fingerprint density at radius 2 is 1.90 bits per heavy atom. The minimum absolute atomic E-state index is 0.296. The second kappa shape index (κ2) is 9.99. The van der Waals surface area contributed by atoms with Gasteiger partial charge in [0.05, 0.1) is 16.7 Å². The molecule has 8 nitrogen and oxygen atoms in total. The van der Waals surface area contributed by atoms with Gasteiger partial charge in [0.15, 0.2) is 17.2 Å². The van der Waals surface area contributed by atoms with Crippen LogP contribution in [0.3, 0.4) is 0 Å². The van der Waals surface area contributed by atoms with Crippen molar-refractivity contribution < 1.29 is 4.39 Å². The Labute approximate surface area is 224 Å². The zero-order valence-corrected chi connectivity index (χ0v) is 21.3. The number of hydrogen-bond acceptors (Lipinski definition) is 6. The lowest BCUT2D eigenvalue weighted by atomic mass is 10.1. The summed E-state index contributed by atoms with van der Waals surface area (Å²) >= 11 is 0. The first kappa shape index (κ1) is 23.6. The molecular formula is C30H27FN8. The van der Waals surface area contributed by atoms with Crippen LogP contribution in [0.2, 0.25) is 0 Å². The summed E-state index contributed by atoms with van der Waals surface area (Å²) in [4.78, 5) is 21.9. The van der Waals surface area contributed by atoms with Gasteiger partial charge in [-0.3, -0.25) is 10.1 Å². The van der Waals surface area contributed by atoms with Crippen molar-refractivity contribution in [2.24, 2.45) is 5.92 Å². The molecule has 0 saturated heterocycles. The lowest BCUT2D eigenvalue weighted by molar-refractivity contribution is 0.489. The highest BCUT2D eigenvalue weighted by atomic mass is 19.1. The molecule has 0 atom stereocenters. The van der Waals surface area contributed by atoms with Gasteiger partial charge in [-0.1, -0.05) is 25.0 Å². The molecule has 1 fully saturated rings. The number of aromatic amines is 2. The summed E-state index contributed by atoms with van der Waals surface area (Å²) < 4.78 is 13.9. The maximum Gasteiger partial charge on any atom is 0.178 e. The Morgan fingerprint density at radius 3 is 2.79 bits per heavy atom. The predicted molar refractivity (Wildman–Crippen MR) is 149 cm³/mol. The SMILES string of the molecule is Fc1cccc(-c2ccnc3nc(-c4n[nH]c5ccc(-c6cncc(CNCC7CCCC7)c6)nc45)[nH]c23)c1. The van der Waals surface area contributed by atoms with Gasteiger partial charge in [0, 0.05) is 36.3 Å². The van der Waals surface area contributed by atoms with E-state index in [0.29, 0.717) is 28.2 Å². The largest absolute Gasteiger partial charge is 0.335 e. The molecule has 0 unspecified atom stereocenters. The molecule has 1 aliphatic carbocycles. The van der Waals surface area contributed by atoms with Crippen LogP contribution in [0, 0.1) is 11.7 Å². The Hall–Kier alpha value is -4.50. The highest BCUT2D eigenvalue weighted by Gasteiger charge is 2.18. The molecule has 0 amide bonds. The van der Waals surface area contributed by atoms with Crippen molar-refractivity contribution >= 4 is 22.2 Å². The van der Waals surface area contributed by atoms with Crippen molar-refractivity contribution in [1.29, 1.82) is 0 Å². The van der Waals surface area contributed by atoms with Crippen LogP contribution in [0.15, 0.2) is 67.1 Å². The van der Waals surface area contributed by atoms with E-state index >= 15 is 0 Å². The molecule has 5 heterocycles. The monoisotopic (exact) mass is 518 g/mol. The van der Waals surface area contributed by atoms with E-state index in [1.165, 1.54) is 37.8 Å². The highest BCUT2D eigenvalue weighted by molar-refractivity contribution is 5.94. The standard InChI is InChI=1S/C30H27FN8/c31-22-7-3-6-20(13-22)23-10-11-34-29-26(23)36-30(37-29)28-27-25(38-39-28)9-8-24(35-27)21-12-19(16-33-17-21)15-32-14-18-4-1-2-5-18/h3,6-13,16-18,32H,1-2,4-5,14-15H2,(H,38,39)(H,34,36,37). The number of pyridine rings is 3. The van der Waals surface area contributed by atoms with Gasteiger partial charge in [-0.15, -0.1) is 0 Å². The minimum Gasteiger partial charge on any atom is -0.335 e. The first-order valence-corrected chi connectivity index (χ1v) is 13.3. The van der Waals surface area contributed by atoms with Gasteiger partial charge in [-0.25, -0.2) is 19.3 Å². The van der Waals surface area contributed by atoms with E-state index in [1.807, 2.05) is 36.7 Å². The van der Waals surface area contributed by atoms with Gasteiger partial charge in [0.1, 0.15) is 11.3 Å². The molecule has 1 aliphatic rings. The highest BCUT2D eigenvalue weighted by Crippen LogP contribution is 2.31. The van der Waals surface area contributed by atoms with E-state index in [9.17, 15) is 4.39 Å². The molecule has 5 aromatic heterocycles. The topological polar surface area (TPSA) is 108 Å². The summed E-state index contributed by atoms with van der Waals surface area (Å²) in [5.41, 5.74) is 7.79. The van der Waals surface area contributed by atoms with Crippen molar-refractivity contribution in [3.8, 4) is 33.9 Å². The van der Waals surface area contributed by atoms with Gasteiger partial charge in [-0.05, 0) is 72.8 Å². The van der Waals surface area contributed by atoms with Crippen molar-refractivity contribution in [3.05, 3.63) is 78.5 Å². The average Bonchev–Trinajstić information content (AvgIpc) is 3.72. The molecule has 0 radical (unpaired) electrons. The summed E-state index contributed by atoms with van der Waals surface area (Å²) in [6.45, 7) is 1.84. The maximum absolute atomic E-state index is 13.9. The number of benzene rings is 1. The summed E-state index contributed by atoms with van der Waals surface area (Å²) in [7, 11) is 0. The Bertz CT molecular complexity index is 1780. The second-order valence-electron chi connectivity index (χ2n) is 10.2. The molecule has 9 heteroatoms. The number of rotatable bonds is 7. The fourth-order valence-corrected chi connectivity index (χ4v) is 5.50. The zero-order chi connectivity index (χ0) is 26.2. The number of halogens is 1. The third-order valence-electron chi connectivity index (χ3n) is 7.49. The number of hydrogen-bond donors (Lipinski definition) is 3. The van der Waals surface area contributed by atoms with Gasteiger partial charge in [0.2, 0.25) is 0 Å². The van der Waals surface area contributed by atoms with E-state index in [0.717, 1.165) is 52.5 Å². The molecule has 6 aromatic rings. The first-order chi connectivity index (χ1) is 19.2. The van der Waals surface area contributed by atoms with E-state index in [-0.39, 0.29) is 5.82 Å². The van der Waals surface area contributed by atoms with Gasteiger partial charge in [-0.2, -0.15) is 5.10 Å². The lowest BCUT2D eigenvalue weighted by Gasteiger charge is -2.11.